The number of likely N-dealkylation sites (tertiary alicyclic amines) is 1. The number of hydrogen-bond acceptors (Lipinski definition) is 5. The Balaban J connectivity index is 1.20. The van der Waals surface area contributed by atoms with Crippen LogP contribution in [0.25, 0.3) is 0 Å². The van der Waals surface area contributed by atoms with E-state index in [9.17, 15) is 13.2 Å². The van der Waals surface area contributed by atoms with Crippen molar-refractivity contribution < 1.29 is 22.7 Å². The minimum absolute atomic E-state index is 0.0645. The van der Waals surface area contributed by atoms with E-state index in [1.165, 1.54) is 30.0 Å². The molecule has 1 aromatic rings. The van der Waals surface area contributed by atoms with Crippen LogP contribution in [-0.4, -0.2) is 62.9 Å². The molecular formula is C24H34N2O5S. The smallest absolute Gasteiger partial charge is 0.243 e. The summed E-state index contributed by atoms with van der Waals surface area (Å²) in [6.45, 7) is 3.62. The third kappa shape index (κ3) is 4.36. The predicted molar refractivity (Wildman–Crippen MR) is 120 cm³/mol. The Kier molecular flexibility index (Phi) is 6.34. The first-order valence-electron chi connectivity index (χ1n) is 12.2. The van der Waals surface area contributed by atoms with E-state index in [1.807, 2.05) is 0 Å². The molecule has 1 aromatic carbocycles. The highest BCUT2D eigenvalue weighted by Crippen LogP contribution is 2.37. The van der Waals surface area contributed by atoms with Gasteiger partial charge in [0.05, 0.1) is 18.1 Å². The van der Waals surface area contributed by atoms with Gasteiger partial charge in [0.1, 0.15) is 0 Å². The van der Waals surface area contributed by atoms with E-state index >= 15 is 0 Å². The van der Waals surface area contributed by atoms with E-state index in [1.54, 1.807) is 18.2 Å². The topological polar surface area (TPSA) is 76.2 Å². The normalized spacial score (nSPS) is 27.4. The molecule has 5 rings (SSSR count). The van der Waals surface area contributed by atoms with Gasteiger partial charge in [0.15, 0.2) is 11.5 Å². The molecule has 0 aromatic heterocycles. The summed E-state index contributed by atoms with van der Waals surface area (Å²) in [5.41, 5.74) is 0. The third-order valence-corrected chi connectivity index (χ3v) is 9.66. The molecule has 3 aliphatic heterocycles. The minimum atomic E-state index is -3.62. The van der Waals surface area contributed by atoms with Gasteiger partial charge in [-0.25, -0.2) is 8.42 Å². The maximum absolute atomic E-state index is 13.2. The van der Waals surface area contributed by atoms with Crippen LogP contribution in [0.3, 0.4) is 0 Å². The van der Waals surface area contributed by atoms with Gasteiger partial charge in [-0.2, -0.15) is 4.31 Å². The van der Waals surface area contributed by atoms with E-state index in [-0.39, 0.29) is 16.7 Å². The Morgan fingerprint density at radius 2 is 1.56 bits per heavy atom. The summed E-state index contributed by atoms with van der Waals surface area (Å²) in [6.07, 6.45) is 8.29. The summed E-state index contributed by atoms with van der Waals surface area (Å²) in [6, 6.07) is 4.84. The van der Waals surface area contributed by atoms with Crippen molar-refractivity contribution >= 4 is 15.9 Å². The number of fused-ring (bicyclic) bond motifs is 2. The third-order valence-electron chi connectivity index (χ3n) is 7.76. The maximum Gasteiger partial charge on any atom is 0.243 e. The molecule has 7 nitrogen and oxygen atoms in total. The van der Waals surface area contributed by atoms with Crippen LogP contribution in [0.5, 0.6) is 11.5 Å². The predicted octanol–water partition coefficient (Wildman–Crippen LogP) is 3.29. The second-order valence-electron chi connectivity index (χ2n) is 9.71. The lowest BCUT2D eigenvalue weighted by Crippen LogP contribution is -2.49. The highest BCUT2D eigenvalue weighted by molar-refractivity contribution is 7.89. The van der Waals surface area contributed by atoms with Crippen molar-refractivity contribution in [2.24, 2.45) is 17.8 Å². The molecule has 4 aliphatic rings. The van der Waals surface area contributed by atoms with Crippen molar-refractivity contribution in [3.05, 3.63) is 18.2 Å². The van der Waals surface area contributed by atoms with Crippen LogP contribution in [0.15, 0.2) is 23.1 Å². The number of ether oxygens (including phenoxy) is 2. The Hall–Kier alpha value is -1.80. The van der Waals surface area contributed by atoms with Crippen molar-refractivity contribution in [3.8, 4) is 11.5 Å². The van der Waals surface area contributed by atoms with Gasteiger partial charge in [-0.1, -0.05) is 19.3 Å². The second-order valence-corrected chi connectivity index (χ2v) is 11.7. The van der Waals surface area contributed by atoms with Crippen LogP contribution in [0.4, 0.5) is 0 Å². The van der Waals surface area contributed by atoms with E-state index in [0.29, 0.717) is 56.6 Å². The molecule has 2 saturated heterocycles. The van der Waals surface area contributed by atoms with Crippen molar-refractivity contribution in [1.29, 1.82) is 0 Å². The van der Waals surface area contributed by atoms with Gasteiger partial charge < -0.3 is 14.4 Å². The zero-order chi connectivity index (χ0) is 22.1. The molecule has 0 unspecified atom stereocenters. The van der Waals surface area contributed by atoms with E-state index < -0.39 is 10.0 Å². The number of carbonyl (C=O) groups excluding carboxylic acids is 1. The molecule has 3 fully saturated rings. The van der Waals surface area contributed by atoms with E-state index in [4.69, 9.17) is 9.47 Å². The summed E-state index contributed by atoms with van der Waals surface area (Å²) >= 11 is 0. The lowest BCUT2D eigenvalue weighted by molar-refractivity contribution is -0.139. The van der Waals surface area contributed by atoms with Crippen LogP contribution < -0.4 is 9.47 Å². The number of rotatable bonds is 3. The molecule has 32 heavy (non-hydrogen) atoms. The summed E-state index contributed by atoms with van der Waals surface area (Å²) in [7, 11) is -3.62. The van der Waals surface area contributed by atoms with Gasteiger partial charge in [-0.3, -0.25) is 4.79 Å². The molecule has 0 bridgehead atoms. The molecule has 8 heteroatoms. The zero-order valence-electron chi connectivity index (χ0n) is 18.7. The van der Waals surface area contributed by atoms with Crippen LogP contribution in [0.1, 0.15) is 51.4 Å². The number of piperidine rings is 2. The first-order valence-corrected chi connectivity index (χ1v) is 13.6. The van der Waals surface area contributed by atoms with Gasteiger partial charge in [-0.15, -0.1) is 0 Å². The standard InChI is InChI=1S/C24H34N2O5S/c27-24(25-11-8-18-4-1-2-5-20(18)17-25)19-9-12-26(13-10-19)32(28,29)21-6-7-22-23(16-21)31-15-3-14-30-22/h6-7,16,18-20H,1-5,8-15,17H2/t18-,20+/m0/s1. The lowest BCUT2D eigenvalue weighted by atomic mass is 9.75. The molecule has 1 aliphatic carbocycles. The first kappa shape index (κ1) is 22.0. The van der Waals surface area contributed by atoms with Gasteiger partial charge in [-0.05, 0) is 49.7 Å². The summed E-state index contributed by atoms with van der Waals surface area (Å²) in [5.74, 6) is 2.72. The molecule has 0 radical (unpaired) electrons. The summed E-state index contributed by atoms with van der Waals surface area (Å²) < 4.78 is 39.3. The second kappa shape index (κ2) is 9.21. The molecule has 0 N–H and O–H groups in total. The van der Waals surface area contributed by atoms with Crippen LogP contribution in [0.2, 0.25) is 0 Å². The quantitative estimate of drug-likeness (QED) is 0.689. The van der Waals surface area contributed by atoms with E-state index in [0.717, 1.165) is 31.8 Å². The van der Waals surface area contributed by atoms with Crippen molar-refractivity contribution in [2.45, 2.75) is 56.3 Å². The fourth-order valence-electron chi connectivity index (χ4n) is 5.86. The highest BCUT2D eigenvalue weighted by atomic mass is 32.2. The number of sulfonamides is 1. The van der Waals surface area contributed by atoms with Crippen LogP contribution in [0, 0.1) is 17.8 Å². The molecule has 3 heterocycles. The van der Waals surface area contributed by atoms with E-state index in [2.05, 4.69) is 4.90 Å². The maximum atomic E-state index is 13.2. The number of benzene rings is 1. The fourth-order valence-corrected chi connectivity index (χ4v) is 7.34. The highest BCUT2D eigenvalue weighted by Gasteiger charge is 2.38. The Morgan fingerprint density at radius 1 is 0.844 bits per heavy atom. The monoisotopic (exact) mass is 462 g/mol. The first-order chi connectivity index (χ1) is 15.5. The van der Waals surface area contributed by atoms with Crippen molar-refractivity contribution in [1.82, 2.24) is 9.21 Å². The summed E-state index contributed by atoms with van der Waals surface area (Å²) in [4.78, 5) is 15.5. The average molecular weight is 463 g/mol. The summed E-state index contributed by atoms with van der Waals surface area (Å²) in [5, 5.41) is 0. The Labute approximate surface area is 191 Å². The van der Waals surface area contributed by atoms with Crippen LogP contribution in [-0.2, 0) is 14.8 Å². The van der Waals surface area contributed by atoms with Crippen molar-refractivity contribution in [3.63, 3.8) is 0 Å². The molecule has 176 valence electrons. The average Bonchev–Trinajstić information content (AvgIpc) is 3.08. The zero-order valence-corrected chi connectivity index (χ0v) is 19.5. The van der Waals surface area contributed by atoms with Gasteiger partial charge in [0, 0.05) is 44.6 Å². The number of hydrogen-bond donors (Lipinski definition) is 0. The molecule has 1 amide bonds. The minimum Gasteiger partial charge on any atom is -0.490 e. The fraction of sp³-hybridized carbons (Fsp3) is 0.708. The molecule has 0 spiro atoms. The largest absolute Gasteiger partial charge is 0.490 e. The Bertz CT molecular complexity index is 942. The van der Waals surface area contributed by atoms with Gasteiger partial charge in [0.25, 0.3) is 0 Å². The number of carbonyl (C=O) groups is 1. The van der Waals surface area contributed by atoms with Gasteiger partial charge >= 0.3 is 0 Å². The lowest BCUT2D eigenvalue weighted by Gasteiger charge is -2.43. The molecular weight excluding hydrogens is 428 g/mol. The number of nitrogens with zero attached hydrogens (tertiary/aromatic N) is 2. The van der Waals surface area contributed by atoms with Gasteiger partial charge in [0.2, 0.25) is 15.9 Å². The van der Waals surface area contributed by atoms with Crippen LogP contribution >= 0.6 is 0 Å². The number of amides is 1. The SMILES string of the molecule is O=C(C1CCN(S(=O)(=O)c2ccc3c(c2)OCCCO3)CC1)N1CC[C@@H]2CCCC[C@@H]2C1. The molecule has 2 atom stereocenters. The van der Waals surface area contributed by atoms with Crippen molar-refractivity contribution in [2.75, 3.05) is 39.4 Å². The molecule has 1 saturated carbocycles. The Morgan fingerprint density at radius 3 is 2.34 bits per heavy atom.